The van der Waals surface area contributed by atoms with Gasteiger partial charge in [0.15, 0.2) is 0 Å². The van der Waals surface area contributed by atoms with E-state index in [4.69, 9.17) is 4.74 Å². The molecule has 1 aliphatic rings. The number of likely N-dealkylation sites (N-methyl/N-ethyl adjacent to an activating group) is 1. The maximum absolute atomic E-state index is 9.91. The molecule has 0 bridgehead atoms. The molecule has 64 valence electrons. The summed E-state index contributed by atoms with van der Waals surface area (Å²) in [5.41, 5.74) is 0. The number of likely N-dealkylation sites (tertiary alicyclic amines) is 1. The van der Waals surface area contributed by atoms with Crippen molar-refractivity contribution in [1.82, 2.24) is 4.90 Å². The van der Waals surface area contributed by atoms with E-state index in [1.807, 2.05) is 0 Å². The first kappa shape index (κ1) is 8.53. The van der Waals surface area contributed by atoms with Crippen LogP contribution in [0, 0.1) is 0 Å². The molecule has 0 N–H and O–H groups in total. The van der Waals surface area contributed by atoms with Crippen LogP contribution >= 0.6 is 0 Å². The Balaban J connectivity index is 2.29. The summed E-state index contributed by atoms with van der Waals surface area (Å²) in [5, 5.41) is 0. The second-order valence-electron chi connectivity index (χ2n) is 3.18. The standard InChI is InChI=1S/C8H15NO2/c1-7-3-4-8(9(7)2)5-11-6-10/h6-8H,3-5H2,1-2H3/t7-,8+/m1/s1. The Morgan fingerprint density at radius 1 is 1.64 bits per heavy atom. The van der Waals surface area contributed by atoms with Gasteiger partial charge < -0.3 is 4.74 Å². The molecule has 3 heteroatoms. The van der Waals surface area contributed by atoms with E-state index in [-0.39, 0.29) is 0 Å². The molecule has 1 saturated heterocycles. The van der Waals surface area contributed by atoms with Crippen molar-refractivity contribution in [2.45, 2.75) is 31.8 Å². The smallest absolute Gasteiger partial charge is 0.293 e. The van der Waals surface area contributed by atoms with Crippen molar-refractivity contribution in [1.29, 1.82) is 0 Å². The van der Waals surface area contributed by atoms with Crippen LogP contribution in [-0.2, 0) is 9.53 Å². The molecule has 11 heavy (non-hydrogen) atoms. The fourth-order valence-corrected chi connectivity index (χ4v) is 1.55. The predicted octanol–water partition coefficient (Wildman–Crippen LogP) is 0.642. The van der Waals surface area contributed by atoms with Gasteiger partial charge in [-0.05, 0) is 26.8 Å². The zero-order valence-electron chi connectivity index (χ0n) is 7.12. The Morgan fingerprint density at radius 2 is 2.36 bits per heavy atom. The quantitative estimate of drug-likeness (QED) is 0.563. The molecule has 0 aromatic rings. The highest BCUT2D eigenvalue weighted by atomic mass is 16.5. The van der Waals surface area contributed by atoms with Crippen molar-refractivity contribution in [3.8, 4) is 0 Å². The van der Waals surface area contributed by atoms with Crippen LogP contribution in [0.15, 0.2) is 0 Å². The number of rotatable bonds is 3. The van der Waals surface area contributed by atoms with Gasteiger partial charge in [-0.25, -0.2) is 0 Å². The summed E-state index contributed by atoms with van der Waals surface area (Å²) in [4.78, 5) is 12.2. The second kappa shape index (κ2) is 3.72. The minimum Gasteiger partial charge on any atom is -0.466 e. The number of hydrogen-bond acceptors (Lipinski definition) is 3. The third kappa shape index (κ3) is 1.93. The molecule has 2 atom stereocenters. The van der Waals surface area contributed by atoms with Crippen molar-refractivity contribution in [3.63, 3.8) is 0 Å². The molecular weight excluding hydrogens is 142 g/mol. The van der Waals surface area contributed by atoms with Gasteiger partial charge in [-0.3, -0.25) is 9.69 Å². The molecule has 0 radical (unpaired) electrons. The molecule has 3 nitrogen and oxygen atoms in total. The van der Waals surface area contributed by atoms with E-state index in [9.17, 15) is 4.79 Å². The second-order valence-corrected chi connectivity index (χ2v) is 3.18. The van der Waals surface area contributed by atoms with Gasteiger partial charge in [-0.2, -0.15) is 0 Å². The highest BCUT2D eigenvalue weighted by molar-refractivity contribution is 5.36. The van der Waals surface area contributed by atoms with Crippen LogP contribution in [0.4, 0.5) is 0 Å². The van der Waals surface area contributed by atoms with E-state index >= 15 is 0 Å². The summed E-state index contributed by atoms with van der Waals surface area (Å²) in [6.07, 6.45) is 2.36. The van der Waals surface area contributed by atoms with E-state index in [1.165, 1.54) is 6.42 Å². The maximum Gasteiger partial charge on any atom is 0.293 e. The van der Waals surface area contributed by atoms with E-state index in [0.29, 0.717) is 25.2 Å². The van der Waals surface area contributed by atoms with Crippen molar-refractivity contribution in [3.05, 3.63) is 0 Å². The summed E-state index contributed by atoms with van der Waals surface area (Å²) >= 11 is 0. The van der Waals surface area contributed by atoms with Gasteiger partial charge in [-0.15, -0.1) is 0 Å². The van der Waals surface area contributed by atoms with E-state index in [0.717, 1.165) is 6.42 Å². The molecule has 1 aliphatic heterocycles. The van der Waals surface area contributed by atoms with Crippen LogP contribution in [0.3, 0.4) is 0 Å². The summed E-state index contributed by atoms with van der Waals surface area (Å²) < 4.78 is 4.71. The van der Waals surface area contributed by atoms with Crippen LogP contribution in [0.2, 0.25) is 0 Å². The van der Waals surface area contributed by atoms with Gasteiger partial charge in [0.05, 0.1) is 0 Å². The average molecular weight is 157 g/mol. The number of ether oxygens (including phenoxy) is 1. The zero-order valence-corrected chi connectivity index (χ0v) is 7.12. The van der Waals surface area contributed by atoms with Gasteiger partial charge in [-0.1, -0.05) is 0 Å². The minimum atomic E-state index is 0.440. The van der Waals surface area contributed by atoms with E-state index in [1.54, 1.807) is 0 Å². The Bertz CT molecular complexity index is 138. The maximum atomic E-state index is 9.91. The molecule has 0 saturated carbocycles. The molecule has 1 fully saturated rings. The summed E-state index contributed by atoms with van der Waals surface area (Å²) in [6.45, 7) is 3.27. The average Bonchev–Trinajstić information content (AvgIpc) is 2.31. The summed E-state index contributed by atoms with van der Waals surface area (Å²) in [5.74, 6) is 0. The molecule has 0 aliphatic carbocycles. The third-order valence-corrected chi connectivity index (χ3v) is 2.55. The Kier molecular flexibility index (Phi) is 2.88. The first-order valence-electron chi connectivity index (χ1n) is 4.03. The van der Waals surface area contributed by atoms with Gasteiger partial charge in [0, 0.05) is 12.1 Å². The Morgan fingerprint density at radius 3 is 2.82 bits per heavy atom. The van der Waals surface area contributed by atoms with Crippen LogP contribution in [0.1, 0.15) is 19.8 Å². The van der Waals surface area contributed by atoms with Crippen molar-refractivity contribution >= 4 is 6.47 Å². The van der Waals surface area contributed by atoms with Gasteiger partial charge in [0.2, 0.25) is 0 Å². The first-order chi connectivity index (χ1) is 5.25. The van der Waals surface area contributed by atoms with Gasteiger partial charge in [0.25, 0.3) is 6.47 Å². The lowest BCUT2D eigenvalue weighted by atomic mass is 10.2. The topological polar surface area (TPSA) is 29.5 Å². The predicted molar refractivity (Wildman–Crippen MR) is 42.3 cm³/mol. The highest BCUT2D eigenvalue weighted by Gasteiger charge is 2.27. The van der Waals surface area contributed by atoms with Crippen molar-refractivity contribution in [2.24, 2.45) is 0 Å². The molecule has 0 aromatic carbocycles. The number of carbonyl (C=O) groups is 1. The van der Waals surface area contributed by atoms with Crippen molar-refractivity contribution < 1.29 is 9.53 Å². The Labute approximate surface area is 67.3 Å². The lowest BCUT2D eigenvalue weighted by molar-refractivity contribution is -0.130. The lowest BCUT2D eigenvalue weighted by Crippen LogP contribution is -2.33. The largest absolute Gasteiger partial charge is 0.466 e. The number of hydrogen-bond donors (Lipinski definition) is 0. The monoisotopic (exact) mass is 157 g/mol. The molecule has 1 heterocycles. The molecule has 1 rings (SSSR count). The van der Waals surface area contributed by atoms with E-state index in [2.05, 4.69) is 18.9 Å². The SMILES string of the molecule is C[C@@H]1CC[C@@H](COC=O)N1C. The fraction of sp³-hybridized carbons (Fsp3) is 0.875. The lowest BCUT2D eigenvalue weighted by Gasteiger charge is -2.21. The minimum absolute atomic E-state index is 0.440. The molecular formula is C8H15NO2. The van der Waals surface area contributed by atoms with Crippen LogP contribution in [-0.4, -0.2) is 37.1 Å². The van der Waals surface area contributed by atoms with E-state index < -0.39 is 0 Å². The van der Waals surface area contributed by atoms with Gasteiger partial charge >= 0.3 is 0 Å². The normalized spacial score (nSPS) is 32.2. The summed E-state index contributed by atoms with van der Waals surface area (Å²) in [7, 11) is 2.08. The fourth-order valence-electron chi connectivity index (χ4n) is 1.55. The van der Waals surface area contributed by atoms with Crippen LogP contribution < -0.4 is 0 Å². The van der Waals surface area contributed by atoms with Crippen LogP contribution in [0.5, 0.6) is 0 Å². The van der Waals surface area contributed by atoms with Crippen molar-refractivity contribution in [2.75, 3.05) is 13.7 Å². The van der Waals surface area contributed by atoms with Crippen LogP contribution in [0.25, 0.3) is 0 Å². The number of nitrogens with zero attached hydrogens (tertiary/aromatic N) is 1. The Hall–Kier alpha value is -0.570. The first-order valence-corrected chi connectivity index (χ1v) is 4.03. The highest BCUT2D eigenvalue weighted by Crippen LogP contribution is 2.21. The molecule has 0 amide bonds. The zero-order chi connectivity index (χ0) is 8.27. The number of carbonyl (C=O) groups excluding carboxylic acids is 1. The van der Waals surface area contributed by atoms with Gasteiger partial charge in [0.1, 0.15) is 6.61 Å². The summed E-state index contributed by atoms with van der Waals surface area (Å²) in [6, 6.07) is 1.07. The third-order valence-electron chi connectivity index (χ3n) is 2.55. The molecule has 0 spiro atoms. The molecule has 0 unspecified atom stereocenters. The molecule has 0 aromatic heterocycles.